The van der Waals surface area contributed by atoms with Crippen LogP contribution in [0.25, 0.3) is 0 Å². The Bertz CT molecular complexity index is 1370. The van der Waals surface area contributed by atoms with Gasteiger partial charge in [0.25, 0.3) is 0 Å². The van der Waals surface area contributed by atoms with Crippen LogP contribution in [0.1, 0.15) is 264 Å². The Balaban J connectivity index is 3.88. The van der Waals surface area contributed by atoms with Crippen LogP contribution in [0.4, 0.5) is 0 Å². The van der Waals surface area contributed by atoms with Crippen LogP contribution in [0.3, 0.4) is 0 Å². The number of nitrogens with two attached hydrogens (primary N) is 1. The quantitative estimate of drug-likeness (QED) is 0.0264. The van der Waals surface area contributed by atoms with Crippen molar-refractivity contribution in [3.63, 3.8) is 0 Å². The maximum Gasteiger partial charge on any atom is 0.472 e. The van der Waals surface area contributed by atoms with Gasteiger partial charge in [0.15, 0.2) is 6.10 Å². The summed E-state index contributed by atoms with van der Waals surface area (Å²) in [6, 6.07) is 0. The van der Waals surface area contributed by atoms with E-state index in [0.29, 0.717) is 6.42 Å². The normalized spacial score (nSPS) is 13.6. The highest BCUT2D eigenvalue weighted by Crippen LogP contribution is 2.43. The molecule has 0 saturated carbocycles. The van der Waals surface area contributed by atoms with Gasteiger partial charge in [0.05, 0.1) is 13.2 Å². The summed E-state index contributed by atoms with van der Waals surface area (Å²) in [5.41, 5.74) is 5.37. The molecule has 0 aromatic rings. The molecule has 0 aliphatic heterocycles. The molecule has 0 aromatic carbocycles. The molecule has 0 spiro atoms. The predicted molar refractivity (Wildman–Crippen MR) is 298 cm³/mol. The number of phosphoric acid groups is 1. The molecule has 0 amide bonds. The standard InChI is InChI=1S/C60H108NO8P/c1-3-5-7-9-11-13-15-17-19-20-21-22-23-24-25-26-27-28-29-30-31-32-33-34-35-36-37-38-39-41-43-45-47-49-51-53-60(63)69-58(57-68-70(64,65)67-55-54-61)56-66-59(62)52-50-48-46-44-42-40-18-16-14-12-10-8-6-4-2/h5,7,11,13,17,19,21-22,24-25,27-28,58H,3-4,6,8-10,12,14-16,18,20,23,26,29-57,61H2,1-2H3,(H,64,65)/b7-5-,13-11-,19-17-,22-21-,25-24-,28-27-. The van der Waals surface area contributed by atoms with Crippen LogP contribution < -0.4 is 5.73 Å². The molecule has 0 heterocycles. The summed E-state index contributed by atoms with van der Waals surface area (Å²) in [5, 5.41) is 0. The molecule has 9 nitrogen and oxygen atoms in total. The van der Waals surface area contributed by atoms with Gasteiger partial charge in [-0.15, -0.1) is 0 Å². The van der Waals surface area contributed by atoms with Crippen LogP contribution in [0.5, 0.6) is 0 Å². The van der Waals surface area contributed by atoms with E-state index < -0.39 is 26.5 Å². The second-order valence-corrected chi connectivity index (χ2v) is 20.6. The first-order valence-corrected chi connectivity index (χ1v) is 30.4. The van der Waals surface area contributed by atoms with Crippen molar-refractivity contribution in [3.8, 4) is 0 Å². The molecule has 0 fully saturated rings. The van der Waals surface area contributed by atoms with Crippen LogP contribution in [0.15, 0.2) is 72.9 Å². The maximum atomic E-state index is 12.7. The van der Waals surface area contributed by atoms with E-state index in [-0.39, 0.29) is 38.6 Å². The largest absolute Gasteiger partial charge is 0.472 e. The molecule has 0 radical (unpaired) electrons. The van der Waals surface area contributed by atoms with Gasteiger partial charge in [-0.2, -0.15) is 0 Å². The number of ether oxygens (including phenoxy) is 2. The molecule has 70 heavy (non-hydrogen) atoms. The first-order valence-electron chi connectivity index (χ1n) is 28.9. The molecule has 0 aliphatic rings. The zero-order chi connectivity index (χ0) is 51.0. The van der Waals surface area contributed by atoms with Crippen molar-refractivity contribution in [1.29, 1.82) is 0 Å². The Morgan fingerprint density at radius 1 is 0.443 bits per heavy atom. The van der Waals surface area contributed by atoms with Crippen LogP contribution in [0.2, 0.25) is 0 Å². The number of carbonyl (C=O) groups is 2. The van der Waals surface area contributed by atoms with E-state index in [9.17, 15) is 19.0 Å². The van der Waals surface area contributed by atoms with Crippen LogP contribution in [-0.4, -0.2) is 49.3 Å². The van der Waals surface area contributed by atoms with Crippen LogP contribution >= 0.6 is 7.82 Å². The van der Waals surface area contributed by atoms with Gasteiger partial charge in [0, 0.05) is 19.4 Å². The topological polar surface area (TPSA) is 134 Å². The Kier molecular flexibility index (Phi) is 53.7. The maximum absolute atomic E-state index is 12.7. The highest BCUT2D eigenvalue weighted by atomic mass is 31.2. The minimum Gasteiger partial charge on any atom is -0.462 e. The molecular weight excluding hydrogens is 894 g/mol. The molecule has 0 aromatic heterocycles. The van der Waals surface area contributed by atoms with Crippen molar-refractivity contribution in [2.45, 2.75) is 270 Å². The molecule has 2 atom stereocenters. The second-order valence-electron chi connectivity index (χ2n) is 19.1. The van der Waals surface area contributed by atoms with Gasteiger partial charge in [0.2, 0.25) is 0 Å². The number of hydrogen-bond donors (Lipinski definition) is 2. The van der Waals surface area contributed by atoms with Crippen molar-refractivity contribution in [2.24, 2.45) is 5.73 Å². The summed E-state index contributed by atoms with van der Waals surface area (Å²) < 4.78 is 33.0. The smallest absolute Gasteiger partial charge is 0.462 e. The molecule has 0 rings (SSSR count). The SMILES string of the molecule is CC/C=C\C/C=C\C/C=C\C/C=C\C/C=C\C/C=C\CCCCCCCCCCCCCCCCCCC(=O)OC(COC(=O)CCCCCCCCCCCCCCCC)COP(=O)(O)OCCN. The van der Waals surface area contributed by atoms with E-state index >= 15 is 0 Å². The molecule has 0 aliphatic carbocycles. The lowest BCUT2D eigenvalue weighted by Crippen LogP contribution is -2.29. The number of rotatable bonds is 54. The van der Waals surface area contributed by atoms with Crippen molar-refractivity contribution in [3.05, 3.63) is 72.9 Å². The van der Waals surface area contributed by atoms with E-state index in [1.165, 1.54) is 154 Å². The third-order valence-corrected chi connectivity index (χ3v) is 13.3. The fourth-order valence-electron chi connectivity index (χ4n) is 8.11. The number of hydrogen-bond acceptors (Lipinski definition) is 8. The van der Waals surface area contributed by atoms with E-state index in [2.05, 4.69) is 86.8 Å². The van der Waals surface area contributed by atoms with Gasteiger partial charge in [-0.3, -0.25) is 18.6 Å². The van der Waals surface area contributed by atoms with E-state index in [4.69, 9.17) is 24.3 Å². The number of esters is 2. The number of carbonyl (C=O) groups excluding carboxylic acids is 2. The summed E-state index contributed by atoms with van der Waals surface area (Å²) in [4.78, 5) is 35.1. The van der Waals surface area contributed by atoms with Gasteiger partial charge in [-0.25, -0.2) is 4.57 Å². The van der Waals surface area contributed by atoms with Gasteiger partial charge in [0.1, 0.15) is 6.61 Å². The fraction of sp³-hybridized carbons (Fsp3) is 0.767. The monoisotopic (exact) mass is 1000 g/mol. The summed E-state index contributed by atoms with van der Waals surface area (Å²) in [6.07, 6.45) is 71.1. The summed E-state index contributed by atoms with van der Waals surface area (Å²) >= 11 is 0. The first kappa shape index (κ1) is 67.5. The Labute approximate surface area is 431 Å². The van der Waals surface area contributed by atoms with E-state index in [0.717, 1.165) is 77.0 Å². The highest BCUT2D eigenvalue weighted by Gasteiger charge is 2.26. The Morgan fingerprint density at radius 3 is 1.17 bits per heavy atom. The molecule has 406 valence electrons. The Morgan fingerprint density at radius 2 is 0.786 bits per heavy atom. The van der Waals surface area contributed by atoms with Crippen molar-refractivity contribution >= 4 is 19.8 Å². The average Bonchev–Trinajstić information content (AvgIpc) is 3.35. The average molecular weight is 1000 g/mol. The van der Waals surface area contributed by atoms with Gasteiger partial charge in [-0.1, -0.05) is 260 Å². The highest BCUT2D eigenvalue weighted by molar-refractivity contribution is 7.47. The lowest BCUT2D eigenvalue weighted by Gasteiger charge is -2.19. The van der Waals surface area contributed by atoms with Gasteiger partial charge in [-0.05, 0) is 64.2 Å². The van der Waals surface area contributed by atoms with E-state index in [1.807, 2.05) is 0 Å². The lowest BCUT2D eigenvalue weighted by atomic mass is 10.0. The third-order valence-electron chi connectivity index (χ3n) is 12.4. The molecular formula is C60H108NO8P. The van der Waals surface area contributed by atoms with Crippen molar-refractivity contribution < 1.29 is 37.6 Å². The number of allylic oxidation sites excluding steroid dienone is 12. The predicted octanol–water partition coefficient (Wildman–Crippen LogP) is 18.1. The number of unbranched alkanes of at least 4 members (excludes halogenated alkanes) is 29. The summed E-state index contributed by atoms with van der Waals surface area (Å²) in [5.74, 6) is -0.819. The fourth-order valence-corrected chi connectivity index (χ4v) is 8.88. The van der Waals surface area contributed by atoms with Crippen LogP contribution in [0, 0.1) is 0 Å². The third kappa shape index (κ3) is 54.8. The zero-order valence-corrected chi connectivity index (χ0v) is 46.1. The molecule has 2 unspecified atom stereocenters. The zero-order valence-electron chi connectivity index (χ0n) is 45.2. The second kappa shape index (κ2) is 55.8. The van der Waals surface area contributed by atoms with Gasteiger partial charge < -0.3 is 20.1 Å². The van der Waals surface area contributed by atoms with Crippen LogP contribution in [-0.2, 0) is 32.7 Å². The lowest BCUT2D eigenvalue weighted by molar-refractivity contribution is -0.161. The summed E-state index contributed by atoms with van der Waals surface area (Å²) in [7, 11) is -4.38. The molecule has 0 saturated heterocycles. The molecule has 0 bridgehead atoms. The molecule has 10 heteroatoms. The Hall–Kier alpha value is -2.55. The molecule has 3 N–H and O–H groups in total. The summed E-state index contributed by atoms with van der Waals surface area (Å²) in [6.45, 7) is 3.65. The van der Waals surface area contributed by atoms with E-state index in [1.54, 1.807) is 0 Å². The minimum absolute atomic E-state index is 0.0536. The van der Waals surface area contributed by atoms with Crippen molar-refractivity contribution in [1.82, 2.24) is 0 Å². The minimum atomic E-state index is -4.38. The first-order chi connectivity index (χ1) is 34.3. The van der Waals surface area contributed by atoms with Gasteiger partial charge >= 0.3 is 19.8 Å². The number of phosphoric ester groups is 1. The van der Waals surface area contributed by atoms with Crippen molar-refractivity contribution in [2.75, 3.05) is 26.4 Å².